The molecule has 1 aromatic heterocycles. The van der Waals surface area contributed by atoms with Crippen LogP contribution in [0.1, 0.15) is 43.2 Å². The molecule has 156 valence electrons. The zero-order valence-electron chi connectivity index (χ0n) is 17.5. The van der Waals surface area contributed by atoms with E-state index in [1.807, 2.05) is 24.4 Å². The van der Waals surface area contributed by atoms with Crippen LogP contribution in [-0.2, 0) is 6.42 Å². The fraction of sp³-hybridized carbons (Fsp3) is 0.542. The maximum atomic E-state index is 9.41. The second kappa shape index (κ2) is 8.14. The van der Waals surface area contributed by atoms with Crippen molar-refractivity contribution in [2.45, 2.75) is 44.6 Å². The van der Waals surface area contributed by atoms with Gasteiger partial charge in [-0.05, 0) is 61.3 Å². The van der Waals surface area contributed by atoms with Crippen LogP contribution in [0, 0.1) is 35.1 Å². The molecule has 2 aromatic rings. The Balaban J connectivity index is 1.32. The number of H-pyrrole nitrogens is 1. The lowest BCUT2D eigenvalue weighted by Crippen LogP contribution is -2.56. The summed E-state index contributed by atoms with van der Waals surface area (Å²) in [7, 11) is 2.10. The second-order valence-electron chi connectivity index (χ2n) is 9.26. The Morgan fingerprint density at radius 2 is 1.87 bits per heavy atom. The first-order valence-electron chi connectivity index (χ1n) is 11.1. The van der Waals surface area contributed by atoms with Gasteiger partial charge in [-0.2, -0.15) is 15.4 Å². The highest BCUT2D eigenvalue weighted by Crippen LogP contribution is 2.55. The second-order valence-corrected chi connectivity index (χ2v) is 9.26. The zero-order valence-corrected chi connectivity index (χ0v) is 17.5. The molecule has 4 aliphatic rings. The van der Waals surface area contributed by atoms with Crippen LogP contribution >= 0.6 is 0 Å². The summed E-state index contributed by atoms with van der Waals surface area (Å²) in [6.45, 7) is 0.542. The number of ether oxygens (including phenoxy) is 1. The lowest BCUT2D eigenvalue weighted by Gasteiger charge is -2.57. The molecule has 0 amide bonds. The molecule has 6 rings (SSSR count). The highest BCUT2D eigenvalue weighted by atomic mass is 16.5. The molecular formula is C24H29N5O. The van der Waals surface area contributed by atoms with Crippen molar-refractivity contribution in [2.75, 3.05) is 13.7 Å². The molecule has 6 heteroatoms. The molecule has 1 aromatic carbocycles. The summed E-state index contributed by atoms with van der Waals surface area (Å²) < 4.78 is 6.03. The third-order valence-corrected chi connectivity index (χ3v) is 7.44. The number of aromatic amines is 1. The number of aliphatic imine (C=N–C) groups is 1. The molecule has 1 heterocycles. The van der Waals surface area contributed by atoms with Crippen LogP contribution < -0.4 is 4.74 Å². The summed E-state index contributed by atoms with van der Waals surface area (Å²) in [5, 5.41) is 16.6. The van der Waals surface area contributed by atoms with Gasteiger partial charge in [-0.25, -0.2) is 5.10 Å². The molecule has 0 radical (unpaired) electrons. The van der Waals surface area contributed by atoms with Gasteiger partial charge in [0.2, 0.25) is 12.1 Å². The first-order valence-corrected chi connectivity index (χ1v) is 11.1. The molecular weight excluding hydrogens is 374 g/mol. The molecule has 0 aliphatic heterocycles. The summed E-state index contributed by atoms with van der Waals surface area (Å²) in [6.07, 6.45) is 11.3. The van der Waals surface area contributed by atoms with Crippen molar-refractivity contribution >= 4 is 5.84 Å². The maximum Gasteiger partial charge on any atom is 0.220 e. The minimum atomic E-state index is 0.456. The van der Waals surface area contributed by atoms with Gasteiger partial charge < -0.3 is 9.64 Å². The smallest absolute Gasteiger partial charge is 0.220 e. The molecule has 0 spiro atoms. The number of hydrogen-bond acceptors (Lipinski definition) is 4. The van der Waals surface area contributed by atoms with Crippen molar-refractivity contribution in [3.63, 3.8) is 0 Å². The number of nitrogens with zero attached hydrogens (tertiary/aromatic N) is 4. The lowest BCUT2D eigenvalue weighted by molar-refractivity contribution is -0.0385. The van der Waals surface area contributed by atoms with Gasteiger partial charge in [0.25, 0.3) is 0 Å². The quantitative estimate of drug-likeness (QED) is 0.449. The highest BCUT2D eigenvalue weighted by Gasteiger charge is 2.50. The maximum absolute atomic E-state index is 9.41. The van der Waals surface area contributed by atoms with Gasteiger partial charge in [0.15, 0.2) is 5.84 Å². The van der Waals surface area contributed by atoms with Crippen molar-refractivity contribution in [3.8, 4) is 12.1 Å². The van der Waals surface area contributed by atoms with E-state index in [1.165, 1.54) is 37.7 Å². The fourth-order valence-corrected chi connectivity index (χ4v) is 6.51. The van der Waals surface area contributed by atoms with E-state index in [0.29, 0.717) is 36.2 Å². The van der Waals surface area contributed by atoms with Crippen molar-refractivity contribution in [3.05, 3.63) is 47.7 Å². The minimum Gasteiger partial charge on any atom is -0.477 e. The van der Waals surface area contributed by atoms with Gasteiger partial charge in [-0.1, -0.05) is 30.3 Å². The molecule has 0 unspecified atom stereocenters. The van der Waals surface area contributed by atoms with Crippen LogP contribution in [0.2, 0.25) is 0 Å². The Bertz CT molecular complexity index is 916. The van der Waals surface area contributed by atoms with Crippen LogP contribution in [0.4, 0.5) is 0 Å². The van der Waals surface area contributed by atoms with Crippen LogP contribution in [0.25, 0.3) is 0 Å². The number of rotatable bonds is 6. The van der Waals surface area contributed by atoms with Gasteiger partial charge in [0, 0.05) is 19.5 Å². The first-order chi connectivity index (χ1) is 14.7. The van der Waals surface area contributed by atoms with E-state index in [4.69, 9.17) is 4.74 Å². The average molecular weight is 404 g/mol. The van der Waals surface area contributed by atoms with Crippen molar-refractivity contribution in [1.82, 2.24) is 15.1 Å². The number of nitrogens with one attached hydrogen (secondary N) is 1. The summed E-state index contributed by atoms with van der Waals surface area (Å²) in [4.78, 5) is 6.49. The molecule has 4 aliphatic carbocycles. The van der Waals surface area contributed by atoms with Crippen LogP contribution in [0.5, 0.6) is 5.88 Å². The first kappa shape index (κ1) is 19.2. The predicted octanol–water partition coefficient (Wildman–Crippen LogP) is 4.02. The summed E-state index contributed by atoms with van der Waals surface area (Å²) in [6, 6.07) is 10.7. The van der Waals surface area contributed by atoms with E-state index < -0.39 is 0 Å². The molecule has 0 saturated heterocycles. The van der Waals surface area contributed by atoms with Crippen LogP contribution in [-0.4, -0.2) is 40.6 Å². The van der Waals surface area contributed by atoms with E-state index in [1.54, 1.807) is 6.20 Å². The molecule has 1 N–H and O–H groups in total. The van der Waals surface area contributed by atoms with Crippen molar-refractivity contribution < 1.29 is 4.74 Å². The van der Waals surface area contributed by atoms with Gasteiger partial charge in [-0.3, -0.25) is 0 Å². The Labute approximate surface area is 178 Å². The summed E-state index contributed by atoms with van der Waals surface area (Å²) >= 11 is 0. The van der Waals surface area contributed by atoms with Gasteiger partial charge >= 0.3 is 0 Å². The molecule has 6 nitrogen and oxygen atoms in total. The van der Waals surface area contributed by atoms with Crippen LogP contribution in [0.3, 0.4) is 0 Å². The van der Waals surface area contributed by atoms with Crippen LogP contribution in [0.15, 0.2) is 41.5 Å². The standard InChI is InChI=1S/C24H29N5O/c1-29(22-19-10-17-9-18(12-19)13-20(22)11-17)23(26-15-25)21-14-27-28-24(21)30-8-7-16-5-3-2-4-6-16/h2-6,14,17-20,22H,7-13H2,1H3,(H,27,28). The van der Waals surface area contributed by atoms with Gasteiger partial charge in [0.05, 0.1) is 18.4 Å². The third-order valence-electron chi connectivity index (χ3n) is 7.44. The predicted molar refractivity (Wildman–Crippen MR) is 115 cm³/mol. The molecule has 30 heavy (non-hydrogen) atoms. The monoisotopic (exact) mass is 403 g/mol. The van der Waals surface area contributed by atoms with Gasteiger partial charge in [-0.15, -0.1) is 0 Å². The normalized spacial score (nSPS) is 29.6. The molecule has 0 atom stereocenters. The largest absolute Gasteiger partial charge is 0.477 e. The van der Waals surface area contributed by atoms with E-state index in [-0.39, 0.29) is 0 Å². The zero-order chi connectivity index (χ0) is 20.5. The van der Waals surface area contributed by atoms with E-state index in [9.17, 15) is 5.26 Å². The fourth-order valence-electron chi connectivity index (χ4n) is 6.51. The van der Waals surface area contributed by atoms with E-state index in [0.717, 1.165) is 23.8 Å². The number of benzene rings is 1. The van der Waals surface area contributed by atoms with E-state index in [2.05, 4.69) is 39.3 Å². The Hall–Kier alpha value is -2.81. The molecule has 4 bridgehead atoms. The number of hydrogen-bond donors (Lipinski definition) is 1. The van der Waals surface area contributed by atoms with E-state index >= 15 is 0 Å². The Kier molecular flexibility index (Phi) is 5.20. The number of amidine groups is 1. The highest BCUT2D eigenvalue weighted by molar-refractivity contribution is 6.01. The van der Waals surface area contributed by atoms with Crippen molar-refractivity contribution in [2.24, 2.45) is 28.7 Å². The minimum absolute atomic E-state index is 0.456. The Morgan fingerprint density at radius 1 is 1.17 bits per heavy atom. The molecule has 4 fully saturated rings. The summed E-state index contributed by atoms with van der Waals surface area (Å²) in [5.41, 5.74) is 2.01. The molecule has 4 saturated carbocycles. The van der Waals surface area contributed by atoms with Crippen molar-refractivity contribution in [1.29, 1.82) is 5.26 Å². The SMILES string of the molecule is CN(C(=NC#N)c1cn[nH]c1OCCc1ccccc1)C1C2CC3CC(C2)CC1C3. The summed E-state index contributed by atoms with van der Waals surface area (Å²) in [5.74, 6) is 4.53. The van der Waals surface area contributed by atoms with Gasteiger partial charge in [0.1, 0.15) is 0 Å². The topological polar surface area (TPSA) is 77.3 Å². The third kappa shape index (κ3) is 3.58. The number of nitriles is 1. The average Bonchev–Trinajstić information content (AvgIpc) is 3.20. The number of aromatic nitrogens is 2. The Morgan fingerprint density at radius 3 is 2.53 bits per heavy atom. The lowest BCUT2D eigenvalue weighted by atomic mass is 9.54.